The van der Waals surface area contributed by atoms with Crippen LogP contribution in [0.15, 0.2) is 42.6 Å². The molecule has 0 aliphatic heterocycles. The molecule has 100 valence electrons. The van der Waals surface area contributed by atoms with E-state index in [9.17, 15) is 0 Å². The Labute approximate surface area is 118 Å². The maximum absolute atomic E-state index is 5.89. The van der Waals surface area contributed by atoms with E-state index in [1.54, 1.807) is 6.20 Å². The largest absolute Gasteiger partial charge is 0.492 e. The van der Waals surface area contributed by atoms with Gasteiger partial charge in [-0.25, -0.2) is 0 Å². The van der Waals surface area contributed by atoms with Crippen molar-refractivity contribution >= 4 is 11.6 Å². The topological polar surface area (TPSA) is 34.1 Å². The number of nitrogens with one attached hydrogen (secondary N) is 1. The molecule has 1 aromatic carbocycles. The summed E-state index contributed by atoms with van der Waals surface area (Å²) >= 11 is 5.89. The highest BCUT2D eigenvalue weighted by Crippen LogP contribution is 2.21. The molecule has 0 bridgehead atoms. The number of ether oxygens (including phenoxy) is 1. The minimum atomic E-state index is 0.620. The zero-order valence-electron chi connectivity index (χ0n) is 10.9. The number of aromatic nitrogens is 1. The molecular weight excluding hydrogens is 260 g/mol. The van der Waals surface area contributed by atoms with Gasteiger partial charge in [-0.05, 0) is 42.8 Å². The Morgan fingerprint density at radius 1 is 1.26 bits per heavy atom. The highest BCUT2D eigenvalue weighted by atomic mass is 35.5. The summed E-state index contributed by atoms with van der Waals surface area (Å²) in [6, 6.07) is 11.5. The number of rotatable bonds is 6. The van der Waals surface area contributed by atoms with Crippen molar-refractivity contribution in [1.29, 1.82) is 0 Å². The number of aryl methyl sites for hydroxylation is 1. The molecule has 0 saturated heterocycles. The molecule has 2 rings (SSSR count). The van der Waals surface area contributed by atoms with Crippen molar-refractivity contribution in [3.05, 3.63) is 58.9 Å². The number of nitrogens with zero attached hydrogens (tertiary/aromatic N) is 1. The van der Waals surface area contributed by atoms with E-state index in [0.717, 1.165) is 35.1 Å². The molecule has 0 spiro atoms. The Balaban J connectivity index is 1.69. The number of hydrogen-bond donors (Lipinski definition) is 1. The van der Waals surface area contributed by atoms with Gasteiger partial charge >= 0.3 is 0 Å². The van der Waals surface area contributed by atoms with Crippen LogP contribution in [0.5, 0.6) is 5.75 Å². The standard InChI is InChI=1S/C15H17ClN2O/c1-12-10-13(16)5-6-15(12)19-9-8-17-11-14-4-2-3-7-18-14/h2-7,10,17H,8-9,11H2,1H3. The van der Waals surface area contributed by atoms with Crippen molar-refractivity contribution in [2.45, 2.75) is 13.5 Å². The summed E-state index contributed by atoms with van der Waals surface area (Å²) in [7, 11) is 0. The molecule has 2 aromatic rings. The van der Waals surface area contributed by atoms with E-state index >= 15 is 0 Å². The monoisotopic (exact) mass is 276 g/mol. The third-order valence-electron chi connectivity index (χ3n) is 2.71. The normalized spacial score (nSPS) is 10.4. The average Bonchev–Trinajstić information content (AvgIpc) is 2.42. The van der Waals surface area contributed by atoms with E-state index < -0.39 is 0 Å². The minimum absolute atomic E-state index is 0.620. The fourth-order valence-electron chi connectivity index (χ4n) is 1.73. The van der Waals surface area contributed by atoms with Crippen molar-refractivity contribution in [3.63, 3.8) is 0 Å². The lowest BCUT2D eigenvalue weighted by Gasteiger charge is -2.10. The van der Waals surface area contributed by atoms with Crippen LogP contribution >= 0.6 is 11.6 Å². The second-order valence-electron chi connectivity index (χ2n) is 4.26. The van der Waals surface area contributed by atoms with Crippen LogP contribution in [0, 0.1) is 6.92 Å². The third-order valence-corrected chi connectivity index (χ3v) is 2.94. The highest BCUT2D eigenvalue weighted by Gasteiger charge is 2.00. The Hall–Kier alpha value is -1.58. The molecule has 0 fully saturated rings. The maximum atomic E-state index is 5.89. The minimum Gasteiger partial charge on any atom is -0.492 e. The lowest BCUT2D eigenvalue weighted by molar-refractivity contribution is 0.311. The highest BCUT2D eigenvalue weighted by molar-refractivity contribution is 6.30. The van der Waals surface area contributed by atoms with Crippen LogP contribution in [0.4, 0.5) is 0 Å². The number of hydrogen-bond acceptors (Lipinski definition) is 3. The summed E-state index contributed by atoms with van der Waals surface area (Å²) in [4.78, 5) is 4.24. The second kappa shape index (κ2) is 7.12. The van der Waals surface area contributed by atoms with Crippen LogP contribution in [-0.2, 0) is 6.54 Å². The summed E-state index contributed by atoms with van der Waals surface area (Å²) < 4.78 is 5.69. The molecule has 0 atom stereocenters. The first kappa shape index (κ1) is 13.8. The number of pyridine rings is 1. The molecule has 0 amide bonds. The van der Waals surface area contributed by atoms with Crippen molar-refractivity contribution in [2.75, 3.05) is 13.2 Å². The van der Waals surface area contributed by atoms with Crippen LogP contribution in [0.25, 0.3) is 0 Å². The first-order valence-corrected chi connectivity index (χ1v) is 6.63. The molecule has 3 nitrogen and oxygen atoms in total. The van der Waals surface area contributed by atoms with E-state index in [0.29, 0.717) is 6.61 Å². The van der Waals surface area contributed by atoms with E-state index in [1.807, 2.05) is 43.3 Å². The summed E-state index contributed by atoms with van der Waals surface area (Å²) in [6.07, 6.45) is 1.80. The summed E-state index contributed by atoms with van der Waals surface area (Å²) in [5.41, 5.74) is 2.09. The van der Waals surface area contributed by atoms with Gasteiger partial charge in [0.15, 0.2) is 0 Å². The molecule has 1 aromatic heterocycles. The van der Waals surface area contributed by atoms with Gasteiger partial charge in [0.05, 0.1) is 5.69 Å². The maximum Gasteiger partial charge on any atom is 0.122 e. The van der Waals surface area contributed by atoms with Gasteiger partial charge in [-0.2, -0.15) is 0 Å². The fraction of sp³-hybridized carbons (Fsp3) is 0.267. The van der Waals surface area contributed by atoms with Gasteiger partial charge in [0.1, 0.15) is 12.4 Å². The zero-order chi connectivity index (χ0) is 13.5. The van der Waals surface area contributed by atoms with E-state index in [2.05, 4.69) is 10.3 Å². The van der Waals surface area contributed by atoms with Crippen molar-refractivity contribution in [1.82, 2.24) is 10.3 Å². The Morgan fingerprint density at radius 2 is 2.16 bits per heavy atom. The Kier molecular flexibility index (Phi) is 5.19. The molecule has 1 heterocycles. The Bertz CT molecular complexity index is 517. The predicted molar refractivity (Wildman–Crippen MR) is 77.6 cm³/mol. The van der Waals surface area contributed by atoms with Gasteiger partial charge in [-0.1, -0.05) is 17.7 Å². The van der Waals surface area contributed by atoms with Crippen LogP contribution < -0.4 is 10.1 Å². The van der Waals surface area contributed by atoms with Crippen molar-refractivity contribution in [2.24, 2.45) is 0 Å². The average molecular weight is 277 g/mol. The van der Waals surface area contributed by atoms with Crippen LogP contribution in [0.2, 0.25) is 5.02 Å². The van der Waals surface area contributed by atoms with Gasteiger partial charge in [0, 0.05) is 24.3 Å². The Morgan fingerprint density at radius 3 is 2.89 bits per heavy atom. The van der Waals surface area contributed by atoms with Crippen molar-refractivity contribution < 1.29 is 4.74 Å². The fourth-order valence-corrected chi connectivity index (χ4v) is 1.95. The van der Waals surface area contributed by atoms with E-state index in [4.69, 9.17) is 16.3 Å². The summed E-state index contributed by atoms with van der Waals surface area (Å²) in [6.45, 7) is 4.14. The van der Waals surface area contributed by atoms with Gasteiger partial charge in [-0.15, -0.1) is 0 Å². The third kappa shape index (κ3) is 4.54. The van der Waals surface area contributed by atoms with Crippen LogP contribution in [-0.4, -0.2) is 18.1 Å². The summed E-state index contributed by atoms with van der Waals surface area (Å²) in [5.74, 6) is 0.879. The quantitative estimate of drug-likeness (QED) is 0.823. The molecule has 0 radical (unpaired) electrons. The SMILES string of the molecule is Cc1cc(Cl)ccc1OCCNCc1ccccn1. The molecular formula is C15H17ClN2O. The van der Waals surface area contributed by atoms with E-state index in [1.165, 1.54) is 0 Å². The van der Waals surface area contributed by atoms with Crippen molar-refractivity contribution in [3.8, 4) is 5.75 Å². The lowest BCUT2D eigenvalue weighted by atomic mass is 10.2. The lowest BCUT2D eigenvalue weighted by Crippen LogP contribution is -2.21. The van der Waals surface area contributed by atoms with Gasteiger partial charge < -0.3 is 10.1 Å². The first-order valence-electron chi connectivity index (χ1n) is 6.25. The second-order valence-corrected chi connectivity index (χ2v) is 4.69. The smallest absolute Gasteiger partial charge is 0.122 e. The van der Waals surface area contributed by atoms with Gasteiger partial charge in [0.2, 0.25) is 0 Å². The molecule has 0 aliphatic carbocycles. The first-order chi connectivity index (χ1) is 9.25. The number of halogens is 1. The summed E-state index contributed by atoms with van der Waals surface area (Å²) in [5, 5.41) is 4.02. The molecule has 0 saturated carbocycles. The number of benzene rings is 1. The molecule has 0 aliphatic rings. The molecule has 19 heavy (non-hydrogen) atoms. The van der Waals surface area contributed by atoms with Crippen LogP contribution in [0.1, 0.15) is 11.3 Å². The molecule has 1 N–H and O–H groups in total. The van der Waals surface area contributed by atoms with Crippen LogP contribution in [0.3, 0.4) is 0 Å². The molecule has 0 unspecified atom stereocenters. The predicted octanol–water partition coefficient (Wildman–Crippen LogP) is 3.21. The van der Waals surface area contributed by atoms with Gasteiger partial charge in [-0.3, -0.25) is 4.98 Å². The van der Waals surface area contributed by atoms with Gasteiger partial charge in [0.25, 0.3) is 0 Å². The zero-order valence-corrected chi connectivity index (χ0v) is 11.7. The molecule has 4 heteroatoms. The van der Waals surface area contributed by atoms with E-state index in [-0.39, 0.29) is 0 Å².